The summed E-state index contributed by atoms with van der Waals surface area (Å²) in [5, 5.41) is 1.46. The van der Waals surface area contributed by atoms with Crippen molar-refractivity contribution in [2.45, 2.75) is 0 Å². The molecule has 2 heterocycles. The first-order valence-electron chi connectivity index (χ1n) is 12.3. The van der Waals surface area contributed by atoms with E-state index in [0.29, 0.717) is 16.7 Å². The van der Waals surface area contributed by atoms with Crippen molar-refractivity contribution in [2.24, 2.45) is 0 Å². The summed E-state index contributed by atoms with van der Waals surface area (Å²) in [4.78, 5) is 12.9. The summed E-state index contributed by atoms with van der Waals surface area (Å²) >= 11 is 6.28. The number of hydrogen-bond donors (Lipinski definition) is 0. The van der Waals surface area contributed by atoms with Gasteiger partial charge in [-0.1, -0.05) is 78.7 Å². The predicted molar refractivity (Wildman–Crippen MR) is 128 cm³/mol. The molecule has 6 aromatic rings. The van der Waals surface area contributed by atoms with Gasteiger partial charge in [-0.05, 0) is 40.9 Å². The molecule has 5 heteroatoms. The predicted octanol–water partition coefficient (Wildman–Crippen LogP) is 7.43. The van der Waals surface area contributed by atoms with E-state index in [2.05, 4.69) is 15.0 Å². The third kappa shape index (κ3) is 3.22. The van der Waals surface area contributed by atoms with Crippen LogP contribution >= 0.6 is 11.6 Å². The van der Waals surface area contributed by atoms with E-state index in [1.165, 1.54) is 0 Å². The average molecular weight is 439 g/mol. The number of hydrogen-bond acceptors (Lipinski definition) is 4. The van der Waals surface area contributed by atoms with Crippen molar-refractivity contribution in [2.75, 3.05) is 0 Å². The highest BCUT2D eigenvalue weighted by Crippen LogP contribution is 2.37. The molecule has 0 saturated carbocycles. The quantitative estimate of drug-likeness (QED) is 0.288. The molecule has 0 atom stereocenters. The number of fused-ring (bicyclic) bond motifs is 3. The van der Waals surface area contributed by atoms with Crippen molar-refractivity contribution in [1.29, 1.82) is 0 Å². The highest BCUT2D eigenvalue weighted by atomic mass is 35.5. The van der Waals surface area contributed by atoms with Crippen molar-refractivity contribution in [1.82, 2.24) is 15.0 Å². The van der Waals surface area contributed by atoms with Gasteiger partial charge in [0, 0.05) is 21.9 Å². The van der Waals surface area contributed by atoms with E-state index in [1.807, 2.05) is 60.7 Å². The van der Waals surface area contributed by atoms with Crippen LogP contribution < -0.4 is 0 Å². The first-order valence-corrected chi connectivity index (χ1v) is 10.2. The molecular weight excluding hydrogens is 418 g/mol. The maximum Gasteiger partial charge on any atom is 0.226 e. The zero-order chi connectivity index (χ0) is 25.8. The molecule has 0 amide bonds. The Bertz CT molecular complexity index is 1830. The third-order valence-corrected chi connectivity index (χ3v) is 5.34. The van der Waals surface area contributed by atoms with Gasteiger partial charge in [0.05, 0.1) is 6.85 Å². The fourth-order valence-electron chi connectivity index (χ4n) is 3.77. The summed E-state index contributed by atoms with van der Waals surface area (Å²) in [6, 6.07) is 19.1. The molecule has 2 aromatic heterocycles. The second kappa shape index (κ2) is 7.59. The summed E-state index contributed by atoms with van der Waals surface area (Å²) in [5.41, 5.74) is 3.85. The van der Waals surface area contributed by atoms with Crippen LogP contribution in [0.2, 0.25) is 5.28 Å². The number of halogens is 1. The van der Waals surface area contributed by atoms with Gasteiger partial charge in [0.25, 0.3) is 0 Å². The fraction of sp³-hybridized carbons (Fsp3) is 0. The molecule has 0 aliphatic heterocycles. The molecule has 0 bridgehead atoms. The van der Waals surface area contributed by atoms with Gasteiger partial charge in [0.1, 0.15) is 11.2 Å². The fourth-order valence-corrected chi connectivity index (χ4v) is 3.93. The number of rotatable bonds is 3. The van der Waals surface area contributed by atoms with Crippen LogP contribution in [0.1, 0.15) is 6.85 Å². The lowest BCUT2D eigenvalue weighted by Gasteiger charge is -2.06. The van der Waals surface area contributed by atoms with E-state index in [0.717, 1.165) is 21.9 Å². The average Bonchev–Trinajstić information content (AvgIpc) is 3.29. The molecule has 0 radical (unpaired) electrons. The Balaban J connectivity index is 1.60. The van der Waals surface area contributed by atoms with Gasteiger partial charge in [0.2, 0.25) is 5.28 Å². The SMILES string of the molecule is [2H]c1c([2H])c([2H])c(-c2nc(Cl)nc(-c3cccc4oc5ccc(-c6ccccc6)cc5c34)n2)c([2H])c1[2H]. The number of furan rings is 1. The first-order chi connectivity index (χ1) is 17.8. The smallest absolute Gasteiger partial charge is 0.226 e. The van der Waals surface area contributed by atoms with Crippen LogP contribution in [0.4, 0.5) is 0 Å². The Morgan fingerprint density at radius 2 is 1.50 bits per heavy atom. The maximum absolute atomic E-state index is 8.31. The van der Waals surface area contributed by atoms with Gasteiger partial charge in [-0.25, -0.2) is 4.98 Å². The molecule has 0 saturated heterocycles. The van der Waals surface area contributed by atoms with Crippen LogP contribution in [0.25, 0.3) is 55.8 Å². The molecule has 0 fully saturated rings. The van der Waals surface area contributed by atoms with E-state index in [4.69, 9.17) is 22.9 Å². The Hall–Kier alpha value is -4.02. The van der Waals surface area contributed by atoms with Gasteiger partial charge in [-0.2, -0.15) is 9.97 Å². The number of nitrogens with zero attached hydrogens (tertiary/aromatic N) is 3. The lowest BCUT2D eigenvalue weighted by molar-refractivity contribution is 0.669. The van der Waals surface area contributed by atoms with Crippen LogP contribution in [-0.4, -0.2) is 15.0 Å². The minimum absolute atomic E-state index is 0.109. The highest BCUT2D eigenvalue weighted by Gasteiger charge is 2.17. The van der Waals surface area contributed by atoms with Gasteiger partial charge in [-0.3, -0.25) is 0 Å². The maximum atomic E-state index is 8.31. The van der Waals surface area contributed by atoms with Gasteiger partial charge < -0.3 is 4.42 Å². The molecule has 6 rings (SSSR count). The van der Waals surface area contributed by atoms with Crippen molar-refractivity contribution < 1.29 is 11.3 Å². The summed E-state index contributed by atoms with van der Waals surface area (Å²) in [7, 11) is 0. The normalized spacial score (nSPS) is 13.5. The molecule has 152 valence electrons. The van der Waals surface area contributed by atoms with Crippen molar-refractivity contribution in [3.05, 3.63) is 102 Å². The lowest BCUT2D eigenvalue weighted by atomic mass is 10.0. The number of benzene rings is 4. The van der Waals surface area contributed by atoms with Crippen LogP contribution in [0.3, 0.4) is 0 Å². The zero-order valence-electron chi connectivity index (χ0n) is 21.5. The molecule has 4 nitrogen and oxygen atoms in total. The molecule has 0 spiro atoms. The summed E-state index contributed by atoms with van der Waals surface area (Å²) in [6.07, 6.45) is 0. The van der Waals surface area contributed by atoms with Crippen LogP contribution in [0.5, 0.6) is 0 Å². The molecular formula is C27H16ClN3O. The van der Waals surface area contributed by atoms with Crippen LogP contribution in [0.15, 0.2) is 101 Å². The van der Waals surface area contributed by atoms with E-state index in [-0.39, 0.29) is 22.5 Å². The largest absolute Gasteiger partial charge is 0.456 e. The zero-order valence-corrected chi connectivity index (χ0v) is 17.2. The summed E-state index contributed by atoms with van der Waals surface area (Å²) in [6.45, 7) is 0. The topological polar surface area (TPSA) is 51.8 Å². The molecule has 0 N–H and O–H groups in total. The first kappa shape index (κ1) is 14.1. The van der Waals surface area contributed by atoms with E-state index < -0.39 is 30.2 Å². The Kier molecular flexibility index (Phi) is 3.35. The molecule has 32 heavy (non-hydrogen) atoms. The van der Waals surface area contributed by atoms with Crippen molar-refractivity contribution in [3.8, 4) is 33.9 Å². The standard InChI is InChI=1S/C27H16ClN3O/c28-27-30-25(18-10-5-2-6-11-18)29-26(31-27)20-12-7-13-23-24(20)21-16-19(14-15-22(21)32-23)17-8-3-1-4-9-17/h1-16H/i2D,5D,6D,10D,11D. The second-order valence-corrected chi connectivity index (χ2v) is 7.45. The number of aromatic nitrogens is 3. The summed E-state index contributed by atoms with van der Waals surface area (Å²) in [5.74, 6) is 0.0852. The lowest BCUT2D eigenvalue weighted by Crippen LogP contribution is -1.97. The van der Waals surface area contributed by atoms with E-state index >= 15 is 0 Å². The molecule has 0 aliphatic rings. The van der Waals surface area contributed by atoms with E-state index in [9.17, 15) is 0 Å². The highest BCUT2D eigenvalue weighted by molar-refractivity contribution is 6.28. The minimum atomic E-state index is -0.497. The van der Waals surface area contributed by atoms with Crippen LogP contribution in [-0.2, 0) is 0 Å². The second-order valence-electron chi connectivity index (χ2n) is 7.11. The molecule has 0 aliphatic carbocycles. The monoisotopic (exact) mass is 438 g/mol. The summed E-state index contributed by atoms with van der Waals surface area (Å²) < 4.78 is 46.6. The van der Waals surface area contributed by atoms with Crippen molar-refractivity contribution in [3.63, 3.8) is 0 Å². The van der Waals surface area contributed by atoms with E-state index in [1.54, 1.807) is 6.07 Å². The minimum Gasteiger partial charge on any atom is -0.456 e. The Morgan fingerprint density at radius 3 is 2.34 bits per heavy atom. The molecule has 0 unspecified atom stereocenters. The molecule has 4 aromatic carbocycles. The van der Waals surface area contributed by atoms with Gasteiger partial charge >= 0.3 is 0 Å². The van der Waals surface area contributed by atoms with Gasteiger partial charge in [-0.15, -0.1) is 0 Å². The van der Waals surface area contributed by atoms with Crippen LogP contribution in [0, 0.1) is 0 Å². The van der Waals surface area contributed by atoms with Crippen molar-refractivity contribution >= 4 is 33.5 Å². The Labute approximate surface area is 196 Å². The van der Waals surface area contributed by atoms with Gasteiger partial charge in [0.15, 0.2) is 11.6 Å². The Morgan fingerprint density at radius 1 is 0.688 bits per heavy atom. The third-order valence-electron chi connectivity index (χ3n) is 5.17.